The van der Waals surface area contributed by atoms with E-state index >= 15 is 0 Å². The summed E-state index contributed by atoms with van der Waals surface area (Å²) >= 11 is 0. The van der Waals surface area contributed by atoms with E-state index in [4.69, 9.17) is 0 Å². The first-order chi connectivity index (χ1) is 10.0. The molecule has 0 amide bonds. The predicted octanol–water partition coefficient (Wildman–Crippen LogP) is 5.19. The number of aliphatic imine (C=N–C) groups is 1. The van der Waals surface area contributed by atoms with E-state index in [-0.39, 0.29) is 0 Å². The molecule has 0 N–H and O–H groups in total. The van der Waals surface area contributed by atoms with E-state index in [9.17, 15) is 0 Å². The number of para-hydroxylation sites is 1. The lowest BCUT2D eigenvalue weighted by molar-refractivity contribution is 0.668. The molecule has 21 heavy (non-hydrogen) atoms. The van der Waals surface area contributed by atoms with Crippen LogP contribution < -0.4 is 4.90 Å². The molecule has 0 saturated carbocycles. The maximum Gasteiger partial charge on any atom is 0.0419 e. The summed E-state index contributed by atoms with van der Waals surface area (Å²) in [5.74, 6) is 0.521. The van der Waals surface area contributed by atoms with E-state index in [2.05, 4.69) is 68.6 Å². The number of anilines is 1. The summed E-state index contributed by atoms with van der Waals surface area (Å²) < 4.78 is 0. The van der Waals surface area contributed by atoms with Crippen molar-refractivity contribution in [3.63, 3.8) is 0 Å². The summed E-state index contributed by atoms with van der Waals surface area (Å²) in [4.78, 5) is 6.77. The standard InChI is InChI=1S/C19H28N2/c1-7-11-17(20-8-2)14-16(5)21(6)19-13-10-9-12-18(19)15(3)4/h7-13,15-16H,1,14H2,2-6H3/b17-11-,20-8?. The van der Waals surface area contributed by atoms with Crippen LogP contribution in [0.2, 0.25) is 0 Å². The Morgan fingerprint density at radius 2 is 1.95 bits per heavy atom. The van der Waals surface area contributed by atoms with Crippen LogP contribution in [-0.2, 0) is 0 Å². The van der Waals surface area contributed by atoms with Crippen LogP contribution in [-0.4, -0.2) is 19.3 Å². The predicted molar refractivity (Wildman–Crippen MR) is 95.5 cm³/mol. The zero-order valence-corrected chi connectivity index (χ0v) is 14.0. The van der Waals surface area contributed by atoms with E-state index < -0.39 is 0 Å². The van der Waals surface area contributed by atoms with E-state index in [1.165, 1.54) is 11.3 Å². The zero-order chi connectivity index (χ0) is 15.8. The number of benzene rings is 1. The molecule has 114 valence electrons. The van der Waals surface area contributed by atoms with Crippen molar-refractivity contribution >= 4 is 11.9 Å². The highest BCUT2D eigenvalue weighted by Crippen LogP contribution is 2.28. The zero-order valence-electron chi connectivity index (χ0n) is 14.0. The van der Waals surface area contributed by atoms with Crippen molar-refractivity contribution in [2.24, 2.45) is 4.99 Å². The van der Waals surface area contributed by atoms with Gasteiger partial charge >= 0.3 is 0 Å². The van der Waals surface area contributed by atoms with Gasteiger partial charge in [-0.1, -0.05) is 44.7 Å². The van der Waals surface area contributed by atoms with Crippen LogP contribution in [0.1, 0.15) is 45.6 Å². The van der Waals surface area contributed by atoms with Crippen LogP contribution >= 0.6 is 0 Å². The molecular formula is C19H28N2. The second-order valence-electron chi connectivity index (χ2n) is 5.66. The van der Waals surface area contributed by atoms with Gasteiger partial charge in [0.25, 0.3) is 0 Å². The van der Waals surface area contributed by atoms with Crippen molar-refractivity contribution in [2.75, 3.05) is 11.9 Å². The normalized spacial score (nSPS) is 13.7. The topological polar surface area (TPSA) is 15.6 Å². The van der Waals surface area contributed by atoms with Gasteiger partial charge in [0.05, 0.1) is 0 Å². The molecule has 2 heteroatoms. The molecule has 2 nitrogen and oxygen atoms in total. The van der Waals surface area contributed by atoms with Gasteiger partial charge in [-0.05, 0) is 37.5 Å². The summed E-state index contributed by atoms with van der Waals surface area (Å²) in [6, 6.07) is 9.01. The molecule has 0 saturated heterocycles. The summed E-state index contributed by atoms with van der Waals surface area (Å²) in [5, 5.41) is 0. The highest BCUT2D eigenvalue weighted by Gasteiger charge is 2.15. The van der Waals surface area contributed by atoms with Crippen molar-refractivity contribution < 1.29 is 0 Å². The van der Waals surface area contributed by atoms with Gasteiger partial charge in [-0.25, -0.2) is 0 Å². The molecular weight excluding hydrogens is 256 g/mol. The van der Waals surface area contributed by atoms with Crippen molar-refractivity contribution in [3.05, 3.63) is 54.3 Å². The SMILES string of the molecule is C=C/C=C(/CC(C)N(C)c1ccccc1C(C)C)N=CC. The average molecular weight is 284 g/mol. The lowest BCUT2D eigenvalue weighted by atomic mass is 9.99. The summed E-state index contributed by atoms with van der Waals surface area (Å²) in [6.45, 7) is 12.4. The number of hydrogen-bond acceptors (Lipinski definition) is 2. The molecule has 0 aliphatic rings. The molecule has 1 unspecified atom stereocenters. The Kier molecular flexibility index (Phi) is 6.93. The van der Waals surface area contributed by atoms with Crippen molar-refractivity contribution in [1.82, 2.24) is 0 Å². The lowest BCUT2D eigenvalue weighted by Crippen LogP contribution is -2.30. The number of nitrogens with zero attached hydrogens (tertiary/aromatic N) is 2. The Labute approximate surface area is 129 Å². The molecule has 0 fully saturated rings. The highest BCUT2D eigenvalue weighted by atomic mass is 15.1. The van der Waals surface area contributed by atoms with Crippen molar-refractivity contribution in [1.29, 1.82) is 0 Å². The number of allylic oxidation sites excluding steroid dienone is 2. The van der Waals surface area contributed by atoms with Gasteiger partial charge in [-0.3, -0.25) is 4.99 Å². The van der Waals surface area contributed by atoms with Gasteiger partial charge in [-0.2, -0.15) is 0 Å². The molecule has 0 aliphatic carbocycles. The van der Waals surface area contributed by atoms with Gasteiger partial charge in [0.2, 0.25) is 0 Å². The Morgan fingerprint density at radius 1 is 1.29 bits per heavy atom. The molecule has 1 aromatic rings. The fourth-order valence-corrected chi connectivity index (χ4v) is 2.44. The average Bonchev–Trinajstić information content (AvgIpc) is 2.46. The highest BCUT2D eigenvalue weighted by molar-refractivity contribution is 5.56. The lowest BCUT2D eigenvalue weighted by Gasteiger charge is -2.30. The molecule has 0 spiro atoms. The third kappa shape index (κ3) is 4.89. The monoisotopic (exact) mass is 284 g/mol. The molecule has 0 bridgehead atoms. The summed E-state index contributed by atoms with van der Waals surface area (Å²) in [5.41, 5.74) is 3.76. The van der Waals surface area contributed by atoms with E-state index in [0.29, 0.717) is 12.0 Å². The minimum Gasteiger partial charge on any atom is -0.371 e. The van der Waals surface area contributed by atoms with Crippen LogP contribution in [0.5, 0.6) is 0 Å². The second kappa shape index (κ2) is 8.46. The minimum absolute atomic E-state index is 0.375. The fraction of sp³-hybridized carbons (Fsp3) is 0.421. The fourth-order valence-electron chi connectivity index (χ4n) is 2.44. The molecule has 0 radical (unpaired) electrons. The maximum absolute atomic E-state index is 4.43. The van der Waals surface area contributed by atoms with Crippen LogP contribution in [0.3, 0.4) is 0 Å². The molecule has 1 aromatic carbocycles. The molecule has 0 aliphatic heterocycles. The Bertz CT molecular complexity index is 512. The number of rotatable bonds is 7. The molecule has 1 rings (SSSR count). The summed E-state index contributed by atoms with van der Waals surface area (Å²) in [7, 11) is 2.16. The van der Waals surface area contributed by atoms with Gasteiger partial charge in [0, 0.05) is 37.1 Å². The quantitative estimate of drug-likeness (QED) is 0.497. The Morgan fingerprint density at radius 3 is 2.52 bits per heavy atom. The van der Waals surface area contributed by atoms with E-state index in [1.807, 2.05) is 19.2 Å². The molecule has 1 atom stereocenters. The third-order valence-electron chi connectivity index (χ3n) is 3.71. The first-order valence-corrected chi connectivity index (χ1v) is 7.63. The summed E-state index contributed by atoms with van der Waals surface area (Å²) in [6.07, 6.45) is 6.53. The largest absolute Gasteiger partial charge is 0.371 e. The maximum atomic E-state index is 4.43. The van der Waals surface area contributed by atoms with Crippen molar-refractivity contribution in [3.8, 4) is 0 Å². The number of hydrogen-bond donors (Lipinski definition) is 0. The van der Waals surface area contributed by atoms with Crippen LogP contribution in [0, 0.1) is 0 Å². The first kappa shape index (κ1) is 17.2. The smallest absolute Gasteiger partial charge is 0.0419 e. The van der Waals surface area contributed by atoms with Crippen molar-refractivity contribution in [2.45, 2.75) is 46.1 Å². The van der Waals surface area contributed by atoms with Crippen LogP contribution in [0.15, 0.2) is 53.7 Å². The van der Waals surface area contributed by atoms with Gasteiger partial charge in [0.1, 0.15) is 0 Å². The second-order valence-corrected chi connectivity index (χ2v) is 5.66. The van der Waals surface area contributed by atoms with E-state index in [1.54, 1.807) is 6.08 Å². The minimum atomic E-state index is 0.375. The Hall–Kier alpha value is -1.83. The Balaban J connectivity index is 2.95. The van der Waals surface area contributed by atoms with Gasteiger partial charge < -0.3 is 4.90 Å². The molecule has 0 aromatic heterocycles. The molecule has 0 heterocycles. The van der Waals surface area contributed by atoms with Crippen LogP contribution in [0.25, 0.3) is 0 Å². The van der Waals surface area contributed by atoms with Gasteiger partial charge in [0.15, 0.2) is 0 Å². The van der Waals surface area contributed by atoms with Gasteiger partial charge in [-0.15, -0.1) is 0 Å². The first-order valence-electron chi connectivity index (χ1n) is 7.63. The van der Waals surface area contributed by atoms with E-state index in [0.717, 1.165) is 12.1 Å². The van der Waals surface area contributed by atoms with Crippen LogP contribution in [0.4, 0.5) is 5.69 Å². The third-order valence-corrected chi connectivity index (χ3v) is 3.71.